The average Bonchev–Trinajstić information content (AvgIpc) is 3.29. The van der Waals surface area contributed by atoms with Crippen molar-refractivity contribution in [2.24, 2.45) is 0 Å². The van der Waals surface area contributed by atoms with Gasteiger partial charge in [-0.25, -0.2) is 9.78 Å². The van der Waals surface area contributed by atoms with E-state index in [4.69, 9.17) is 24.2 Å². The van der Waals surface area contributed by atoms with Crippen LogP contribution in [0.15, 0.2) is 60.0 Å². The Morgan fingerprint density at radius 2 is 1.82 bits per heavy atom. The maximum Gasteiger partial charge on any atom is 0.337 e. The van der Waals surface area contributed by atoms with Gasteiger partial charge in [-0.3, -0.25) is 4.90 Å². The van der Waals surface area contributed by atoms with E-state index in [1.165, 1.54) is 7.11 Å². The van der Waals surface area contributed by atoms with Crippen molar-refractivity contribution < 1.29 is 19.0 Å². The SMILES string of the molecule is COC(=O)c1ccc(Oc2nc(CN3CCOCC3)nc3scc(-c4ccccc4)c23)cc1. The van der Waals surface area contributed by atoms with Crippen LogP contribution in [-0.4, -0.2) is 54.3 Å². The quantitative estimate of drug-likeness (QED) is 0.383. The van der Waals surface area contributed by atoms with Crippen LogP contribution in [0.25, 0.3) is 21.3 Å². The van der Waals surface area contributed by atoms with E-state index in [9.17, 15) is 4.79 Å². The Bertz CT molecular complexity index is 1250. The van der Waals surface area contributed by atoms with Crippen LogP contribution in [0.3, 0.4) is 0 Å². The first-order chi connectivity index (χ1) is 16.2. The van der Waals surface area contributed by atoms with Crippen LogP contribution in [0, 0.1) is 0 Å². The van der Waals surface area contributed by atoms with E-state index in [-0.39, 0.29) is 5.97 Å². The molecule has 0 bridgehead atoms. The van der Waals surface area contributed by atoms with Gasteiger partial charge in [0.05, 0.1) is 37.8 Å². The lowest BCUT2D eigenvalue weighted by molar-refractivity contribution is 0.0330. The first-order valence-electron chi connectivity index (χ1n) is 10.7. The number of benzene rings is 2. The Balaban J connectivity index is 1.54. The van der Waals surface area contributed by atoms with Crippen molar-refractivity contribution >= 4 is 27.5 Å². The molecule has 5 rings (SSSR count). The second-order valence-electron chi connectivity index (χ2n) is 7.65. The van der Waals surface area contributed by atoms with Crippen LogP contribution in [0.2, 0.25) is 0 Å². The van der Waals surface area contributed by atoms with Crippen molar-refractivity contribution in [3.05, 3.63) is 71.4 Å². The molecule has 1 saturated heterocycles. The first-order valence-corrected chi connectivity index (χ1v) is 11.6. The minimum absolute atomic E-state index is 0.386. The van der Waals surface area contributed by atoms with Gasteiger partial charge in [-0.15, -0.1) is 11.3 Å². The molecule has 0 saturated carbocycles. The number of morpholine rings is 1. The van der Waals surface area contributed by atoms with E-state index in [1.807, 2.05) is 18.2 Å². The standard InChI is InChI=1S/C25H23N3O4S/c1-30-25(29)18-7-9-19(10-8-18)32-23-22-20(17-5-3-2-4-6-17)16-33-24(22)27-21(26-23)15-28-11-13-31-14-12-28/h2-10,16H,11-15H2,1H3. The predicted octanol–water partition coefficient (Wildman–Crippen LogP) is 4.77. The third-order valence-corrected chi connectivity index (χ3v) is 6.36. The number of esters is 1. The third kappa shape index (κ3) is 4.73. The maximum atomic E-state index is 11.8. The van der Waals surface area contributed by atoms with Crippen LogP contribution in [0.5, 0.6) is 11.6 Å². The summed E-state index contributed by atoms with van der Waals surface area (Å²) in [6, 6.07) is 17.0. The summed E-state index contributed by atoms with van der Waals surface area (Å²) in [7, 11) is 1.36. The predicted molar refractivity (Wildman–Crippen MR) is 127 cm³/mol. The van der Waals surface area contributed by atoms with Crippen molar-refractivity contribution in [3.8, 4) is 22.8 Å². The van der Waals surface area contributed by atoms with Crippen molar-refractivity contribution in [2.45, 2.75) is 6.54 Å². The second kappa shape index (κ2) is 9.66. The van der Waals surface area contributed by atoms with E-state index >= 15 is 0 Å². The van der Waals surface area contributed by atoms with Crippen molar-refractivity contribution in [1.29, 1.82) is 0 Å². The highest BCUT2D eigenvalue weighted by molar-refractivity contribution is 7.17. The highest BCUT2D eigenvalue weighted by Gasteiger charge is 2.19. The minimum Gasteiger partial charge on any atom is -0.465 e. The van der Waals surface area contributed by atoms with Gasteiger partial charge in [0.15, 0.2) is 0 Å². The fraction of sp³-hybridized carbons (Fsp3) is 0.240. The molecule has 168 valence electrons. The highest BCUT2D eigenvalue weighted by Crippen LogP contribution is 2.39. The van der Waals surface area contributed by atoms with E-state index in [0.29, 0.717) is 29.6 Å². The number of carbonyl (C=O) groups excluding carboxylic acids is 1. The van der Waals surface area contributed by atoms with Gasteiger partial charge in [-0.1, -0.05) is 30.3 Å². The summed E-state index contributed by atoms with van der Waals surface area (Å²) in [6.45, 7) is 3.78. The number of aromatic nitrogens is 2. The molecule has 0 amide bonds. The molecule has 3 heterocycles. The summed E-state index contributed by atoms with van der Waals surface area (Å²) < 4.78 is 16.5. The molecular formula is C25H23N3O4S. The molecule has 1 fully saturated rings. The molecular weight excluding hydrogens is 438 g/mol. The average molecular weight is 462 g/mol. The molecule has 0 N–H and O–H groups in total. The normalized spacial score (nSPS) is 14.3. The highest BCUT2D eigenvalue weighted by atomic mass is 32.1. The summed E-state index contributed by atoms with van der Waals surface area (Å²) >= 11 is 1.58. The molecule has 0 atom stereocenters. The smallest absolute Gasteiger partial charge is 0.337 e. The van der Waals surface area contributed by atoms with Gasteiger partial charge in [0.1, 0.15) is 16.4 Å². The van der Waals surface area contributed by atoms with Crippen molar-refractivity contribution in [2.75, 3.05) is 33.4 Å². The lowest BCUT2D eigenvalue weighted by atomic mass is 10.1. The lowest BCUT2D eigenvalue weighted by Gasteiger charge is -2.25. The van der Waals surface area contributed by atoms with Crippen LogP contribution in [0.4, 0.5) is 0 Å². The molecule has 0 unspecified atom stereocenters. The van der Waals surface area contributed by atoms with Gasteiger partial charge in [-0.05, 0) is 29.8 Å². The number of hydrogen-bond donors (Lipinski definition) is 0. The van der Waals surface area contributed by atoms with Gasteiger partial charge in [0.25, 0.3) is 0 Å². The summed E-state index contributed by atoms with van der Waals surface area (Å²) in [5, 5.41) is 2.98. The number of rotatable bonds is 6. The van der Waals surface area contributed by atoms with Gasteiger partial charge in [0.2, 0.25) is 5.88 Å². The molecule has 7 nitrogen and oxygen atoms in total. The van der Waals surface area contributed by atoms with Crippen LogP contribution in [0.1, 0.15) is 16.2 Å². The van der Waals surface area contributed by atoms with E-state index in [2.05, 4.69) is 22.4 Å². The molecule has 2 aromatic carbocycles. The molecule has 1 aliphatic heterocycles. The third-order valence-electron chi connectivity index (χ3n) is 5.49. The summed E-state index contributed by atoms with van der Waals surface area (Å²) in [4.78, 5) is 24.6. The van der Waals surface area contributed by atoms with E-state index < -0.39 is 0 Å². The van der Waals surface area contributed by atoms with Gasteiger partial charge >= 0.3 is 5.97 Å². The summed E-state index contributed by atoms with van der Waals surface area (Å²) in [5.74, 6) is 1.43. The Morgan fingerprint density at radius 1 is 1.06 bits per heavy atom. The molecule has 33 heavy (non-hydrogen) atoms. The molecule has 0 aliphatic carbocycles. The van der Waals surface area contributed by atoms with E-state index in [1.54, 1.807) is 35.6 Å². The van der Waals surface area contributed by atoms with Crippen LogP contribution in [-0.2, 0) is 16.0 Å². The molecule has 4 aromatic rings. The lowest BCUT2D eigenvalue weighted by Crippen LogP contribution is -2.36. The zero-order chi connectivity index (χ0) is 22.6. The zero-order valence-electron chi connectivity index (χ0n) is 18.2. The zero-order valence-corrected chi connectivity index (χ0v) is 19.0. The first kappa shape index (κ1) is 21.5. The Kier molecular flexibility index (Phi) is 6.30. The largest absolute Gasteiger partial charge is 0.465 e. The maximum absolute atomic E-state index is 11.8. The van der Waals surface area contributed by atoms with Gasteiger partial charge in [-0.2, -0.15) is 4.98 Å². The number of nitrogens with zero attached hydrogens (tertiary/aromatic N) is 3. The van der Waals surface area contributed by atoms with Gasteiger partial charge < -0.3 is 14.2 Å². The Hall–Kier alpha value is -3.33. The van der Waals surface area contributed by atoms with Gasteiger partial charge in [0, 0.05) is 24.0 Å². The number of ether oxygens (including phenoxy) is 3. The minimum atomic E-state index is -0.386. The summed E-state index contributed by atoms with van der Waals surface area (Å²) in [5.41, 5.74) is 2.58. The number of methoxy groups -OCH3 is 1. The van der Waals surface area contributed by atoms with Crippen molar-refractivity contribution in [1.82, 2.24) is 14.9 Å². The van der Waals surface area contributed by atoms with E-state index in [0.717, 1.165) is 47.6 Å². The number of carbonyl (C=O) groups is 1. The molecule has 0 spiro atoms. The molecule has 8 heteroatoms. The second-order valence-corrected chi connectivity index (χ2v) is 8.51. The van der Waals surface area contributed by atoms with Crippen LogP contribution < -0.4 is 4.74 Å². The van der Waals surface area contributed by atoms with Crippen LogP contribution >= 0.6 is 11.3 Å². The summed E-state index contributed by atoms with van der Waals surface area (Å²) in [6.07, 6.45) is 0. The Labute approximate surface area is 195 Å². The number of hydrogen-bond acceptors (Lipinski definition) is 8. The molecule has 2 aromatic heterocycles. The molecule has 0 radical (unpaired) electrons. The number of thiophene rings is 1. The fourth-order valence-corrected chi connectivity index (χ4v) is 4.73. The fourth-order valence-electron chi connectivity index (χ4n) is 3.77. The Morgan fingerprint density at radius 3 is 2.55 bits per heavy atom. The topological polar surface area (TPSA) is 73.8 Å². The monoisotopic (exact) mass is 461 g/mol. The molecule has 1 aliphatic rings. The number of fused-ring (bicyclic) bond motifs is 1. The van der Waals surface area contributed by atoms with Crippen molar-refractivity contribution in [3.63, 3.8) is 0 Å².